The van der Waals surface area contributed by atoms with Gasteiger partial charge in [-0.3, -0.25) is 9.59 Å². The van der Waals surface area contributed by atoms with E-state index in [2.05, 4.69) is 29.4 Å². The molecule has 0 aliphatic carbocycles. The number of fused-ring (bicyclic) bond motifs is 1. The number of carbonyl (C=O) groups is 2. The summed E-state index contributed by atoms with van der Waals surface area (Å²) in [5, 5.41) is 3.46. The number of nitrogens with zero attached hydrogens (tertiary/aromatic N) is 2. The Balaban J connectivity index is 1.65. The molecule has 1 saturated heterocycles. The van der Waals surface area contributed by atoms with Gasteiger partial charge in [0.1, 0.15) is 0 Å². The standard InChI is InChI=1S/C17H21N3O3S/c1-3-11-4-5-13-14(8-11)24-17(18-13)19-16(22)12-9-15(21)20(10-12)6-7-23-2/h4-5,8,12H,3,6-7,9-10H2,1-2H3,(H,18,19,22). The number of nitrogens with one attached hydrogen (secondary N) is 1. The van der Waals surface area contributed by atoms with E-state index in [1.807, 2.05) is 6.07 Å². The van der Waals surface area contributed by atoms with Gasteiger partial charge >= 0.3 is 0 Å². The molecule has 2 aromatic rings. The van der Waals surface area contributed by atoms with Gasteiger partial charge in [-0.25, -0.2) is 4.98 Å². The van der Waals surface area contributed by atoms with Crippen LogP contribution in [0.5, 0.6) is 0 Å². The Labute approximate surface area is 144 Å². The molecule has 1 aliphatic rings. The van der Waals surface area contributed by atoms with Crippen LogP contribution in [0.4, 0.5) is 5.13 Å². The molecule has 1 N–H and O–H groups in total. The topological polar surface area (TPSA) is 71.5 Å². The molecule has 1 fully saturated rings. The lowest BCUT2D eigenvalue weighted by Crippen LogP contribution is -2.30. The van der Waals surface area contributed by atoms with E-state index in [0.717, 1.165) is 16.6 Å². The molecule has 24 heavy (non-hydrogen) atoms. The molecular formula is C17H21N3O3S. The summed E-state index contributed by atoms with van der Waals surface area (Å²) in [6.07, 6.45) is 1.22. The van der Waals surface area contributed by atoms with Crippen LogP contribution < -0.4 is 5.32 Å². The summed E-state index contributed by atoms with van der Waals surface area (Å²) in [6.45, 7) is 3.56. The third-order valence-corrected chi connectivity index (χ3v) is 5.18. The SMILES string of the molecule is CCc1ccc2nc(NC(=O)C3CC(=O)N(CCOC)C3)sc2c1. The molecule has 1 aromatic carbocycles. The highest BCUT2D eigenvalue weighted by atomic mass is 32.1. The second-order valence-electron chi connectivity index (χ2n) is 5.90. The number of aryl methyl sites for hydroxylation is 1. The number of methoxy groups -OCH3 is 1. The Morgan fingerprint density at radius 1 is 1.50 bits per heavy atom. The number of anilines is 1. The maximum Gasteiger partial charge on any atom is 0.231 e. The fourth-order valence-corrected chi connectivity index (χ4v) is 3.75. The number of hydrogen-bond acceptors (Lipinski definition) is 5. The van der Waals surface area contributed by atoms with Crippen LogP contribution in [0.15, 0.2) is 18.2 Å². The van der Waals surface area contributed by atoms with E-state index in [0.29, 0.717) is 24.8 Å². The van der Waals surface area contributed by atoms with Crippen molar-refractivity contribution in [2.75, 3.05) is 32.1 Å². The Morgan fingerprint density at radius 3 is 3.08 bits per heavy atom. The summed E-state index contributed by atoms with van der Waals surface area (Å²) in [6, 6.07) is 6.14. The Kier molecular flexibility index (Phi) is 5.11. The van der Waals surface area contributed by atoms with Crippen LogP contribution in [0, 0.1) is 5.92 Å². The number of carbonyl (C=O) groups excluding carboxylic acids is 2. The van der Waals surface area contributed by atoms with Gasteiger partial charge in [-0.15, -0.1) is 0 Å². The lowest BCUT2D eigenvalue weighted by molar-refractivity contribution is -0.128. The summed E-state index contributed by atoms with van der Waals surface area (Å²) in [4.78, 5) is 30.5. The van der Waals surface area contributed by atoms with Gasteiger partial charge in [0.25, 0.3) is 0 Å². The first kappa shape index (κ1) is 16.9. The van der Waals surface area contributed by atoms with Crippen molar-refractivity contribution in [3.63, 3.8) is 0 Å². The van der Waals surface area contributed by atoms with Crippen molar-refractivity contribution in [2.45, 2.75) is 19.8 Å². The van der Waals surface area contributed by atoms with Crippen molar-refractivity contribution < 1.29 is 14.3 Å². The maximum absolute atomic E-state index is 12.4. The van der Waals surface area contributed by atoms with Crippen molar-refractivity contribution in [3.05, 3.63) is 23.8 Å². The molecular weight excluding hydrogens is 326 g/mol. The highest BCUT2D eigenvalue weighted by Gasteiger charge is 2.34. The lowest BCUT2D eigenvalue weighted by Gasteiger charge is -2.15. The van der Waals surface area contributed by atoms with Crippen molar-refractivity contribution in [1.29, 1.82) is 0 Å². The normalized spacial score (nSPS) is 17.7. The predicted octanol–water partition coefficient (Wildman–Crippen LogP) is 2.29. The highest BCUT2D eigenvalue weighted by Crippen LogP contribution is 2.28. The Bertz CT molecular complexity index is 759. The molecule has 2 heterocycles. The third-order valence-electron chi connectivity index (χ3n) is 4.24. The zero-order valence-electron chi connectivity index (χ0n) is 13.9. The van der Waals surface area contributed by atoms with E-state index in [9.17, 15) is 9.59 Å². The second kappa shape index (κ2) is 7.27. The summed E-state index contributed by atoms with van der Waals surface area (Å²) in [5.74, 6) is -0.463. The van der Waals surface area contributed by atoms with Gasteiger partial charge in [-0.2, -0.15) is 0 Å². The predicted molar refractivity (Wildman–Crippen MR) is 94.2 cm³/mol. The van der Waals surface area contributed by atoms with Crippen LogP contribution >= 0.6 is 11.3 Å². The number of amides is 2. The monoisotopic (exact) mass is 347 g/mol. The Hall–Kier alpha value is -1.99. The maximum atomic E-state index is 12.4. The van der Waals surface area contributed by atoms with Crippen LogP contribution in [0.25, 0.3) is 10.2 Å². The van der Waals surface area contributed by atoms with Gasteiger partial charge in [0.05, 0.1) is 22.7 Å². The first-order valence-electron chi connectivity index (χ1n) is 8.07. The minimum Gasteiger partial charge on any atom is -0.383 e. The zero-order chi connectivity index (χ0) is 17.1. The number of likely N-dealkylation sites (tertiary alicyclic amines) is 1. The number of thiazole rings is 1. The summed E-state index contributed by atoms with van der Waals surface area (Å²) in [5.41, 5.74) is 2.14. The molecule has 2 amide bonds. The van der Waals surface area contributed by atoms with Gasteiger partial charge in [-0.05, 0) is 24.1 Å². The molecule has 1 aliphatic heterocycles. The van der Waals surface area contributed by atoms with Crippen LogP contribution in [-0.4, -0.2) is 48.5 Å². The molecule has 0 saturated carbocycles. The van der Waals surface area contributed by atoms with Gasteiger partial charge in [-0.1, -0.05) is 24.3 Å². The summed E-state index contributed by atoms with van der Waals surface area (Å²) in [7, 11) is 1.60. The lowest BCUT2D eigenvalue weighted by atomic mass is 10.1. The second-order valence-corrected chi connectivity index (χ2v) is 6.93. The van der Waals surface area contributed by atoms with E-state index < -0.39 is 0 Å². The largest absolute Gasteiger partial charge is 0.383 e. The molecule has 7 heteroatoms. The van der Waals surface area contributed by atoms with Gasteiger partial charge in [0.2, 0.25) is 11.8 Å². The van der Waals surface area contributed by atoms with Crippen LogP contribution in [0.1, 0.15) is 18.9 Å². The van der Waals surface area contributed by atoms with Crippen LogP contribution in [0.3, 0.4) is 0 Å². The zero-order valence-corrected chi connectivity index (χ0v) is 14.7. The van der Waals surface area contributed by atoms with Crippen molar-refractivity contribution in [2.24, 2.45) is 5.92 Å². The van der Waals surface area contributed by atoms with Gasteiger partial charge in [0, 0.05) is 26.6 Å². The van der Waals surface area contributed by atoms with Gasteiger partial charge in [0.15, 0.2) is 5.13 Å². The molecule has 1 atom stereocenters. The first-order valence-corrected chi connectivity index (χ1v) is 8.89. The molecule has 6 nitrogen and oxygen atoms in total. The van der Waals surface area contributed by atoms with E-state index in [1.54, 1.807) is 12.0 Å². The fourth-order valence-electron chi connectivity index (χ4n) is 2.82. The summed E-state index contributed by atoms with van der Waals surface area (Å²) < 4.78 is 6.06. The van der Waals surface area contributed by atoms with E-state index in [4.69, 9.17) is 4.74 Å². The number of hydrogen-bond donors (Lipinski definition) is 1. The van der Waals surface area contributed by atoms with Crippen molar-refractivity contribution in [3.8, 4) is 0 Å². The van der Waals surface area contributed by atoms with Crippen molar-refractivity contribution in [1.82, 2.24) is 9.88 Å². The molecule has 128 valence electrons. The Morgan fingerprint density at radius 2 is 2.33 bits per heavy atom. The summed E-state index contributed by atoms with van der Waals surface area (Å²) >= 11 is 1.47. The van der Waals surface area contributed by atoms with Crippen LogP contribution in [-0.2, 0) is 20.7 Å². The van der Waals surface area contributed by atoms with E-state index >= 15 is 0 Å². The minimum absolute atomic E-state index is 0.00378. The molecule has 0 spiro atoms. The quantitative estimate of drug-likeness (QED) is 0.870. The molecule has 1 unspecified atom stereocenters. The first-order chi connectivity index (χ1) is 11.6. The van der Waals surface area contributed by atoms with Gasteiger partial charge < -0.3 is 15.0 Å². The fraction of sp³-hybridized carbons (Fsp3) is 0.471. The molecule has 3 rings (SSSR count). The minimum atomic E-state index is -0.326. The average molecular weight is 347 g/mol. The smallest absolute Gasteiger partial charge is 0.231 e. The number of ether oxygens (including phenoxy) is 1. The van der Waals surface area contributed by atoms with E-state index in [1.165, 1.54) is 16.9 Å². The molecule has 1 aromatic heterocycles. The van der Waals surface area contributed by atoms with E-state index in [-0.39, 0.29) is 24.2 Å². The highest BCUT2D eigenvalue weighted by molar-refractivity contribution is 7.22. The molecule has 0 bridgehead atoms. The third kappa shape index (κ3) is 3.57. The number of benzene rings is 1. The number of rotatable bonds is 6. The molecule has 0 radical (unpaired) electrons. The number of aromatic nitrogens is 1. The average Bonchev–Trinajstić information content (AvgIpc) is 3.14. The van der Waals surface area contributed by atoms with Crippen LogP contribution in [0.2, 0.25) is 0 Å². The van der Waals surface area contributed by atoms with Crippen molar-refractivity contribution >= 4 is 38.5 Å².